The molecule has 0 aliphatic heterocycles. The summed E-state index contributed by atoms with van der Waals surface area (Å²) in [5.74, 6) is 0.671. The Kier molecular flexibility index (Phi) is 3.68. The van der Waals surface area contributed by atoms with Crippen molar-refractivity contribution in [3.8, 4) is 27.7 Å². The molecule has 3 heterocycles. The second-order valence-corrected chi connectivity index (χ2v) is 6.25. The average Bonchev–Trinajstić information content (AvgIpc) is 3.23. The topological polar surface area (TPSA) is 70.1 Å². The summed E-state index contributed by atoms with van der Waals surface area (Å²) in [4.78, 5) is 0.605. The molecule has 25 heavy (non-hydrogen) atoms. The normalized spacial score (nSPS) is 11.6. The van der Waals surface area contributed by atoms with Crippen LogP contribution >= 0.6 is 11.3 Å². The fraction of sp³-hybridized carbons (Fsp3) is 0.200. The second-order valence-electron chi connectivity index (χ2n) is 5.30. The molecule has 0 radical (unpaired) electrons. The molecule has 128 valence electrons. The van der Waals surface area contributed by atoms with E-state index in [1.807, 2.05) is 14.0 Å². The third kappa shape index (κ3) is 2.74. The number of halogens is 2. The van der Waals surface area contributed by atoms with Crippen molar-refractivity contribution >= 4 is 16.3 Å². The summed E-state index contributed by atoms with van der Waals surface area (Å²) in [5, 5.41) is 17.7. The van der Waals surface area contributed by atoms with Gasteiger partial charge >= 0.3 is 6.61 Å². The molecule has 0 bridgehead atoms. The number of hydrogen-bond donors (Lipinski definition) is 0. The Morgan fingerprint density at radius 1 is 1.24 bits per heavy atom. The maximum atomic E-state index is 12.4. The van der Waals surface area contributed by atoms with E-state index in [0.29, 0.717) is 21.4 Å². The van der Waals surface area contributed by atoms with E-state index in [1.165, 1.54) is 23.5 Å². The van der Waals surface area contributed by atoms with Gasteiger partial charge in [-0.3, -0.25) is 4.68 Å². The quantitative estimate of drug-likeness (QED) is 0.558. The van der Waals surface area contributed by atoms with Crippen molar-refractivity contribution in [2.45, 2.75) is 13.5 Å². The third-order valence-electron chi connectivity index (χ3n) is 3.77. The Hall–Kier alpha value is -2.88. The molecule has 7 nitrogen and oxygen atoms in total. The zero-order valence-corrected chi connectivity index (χ0v) is 14.0. The summed E-state index contributed by atoms with van der Waals surface area (Å²) in [7, 11) is 1.85. The first-order valence-electron chi connectivity index (χ1n) is 7.29. The number of rotatable bonds is 4. The smallest absolute Gasteiger partial charge is 0.387 e. The van der Waals surface area contributed by atoms with Gasteiger partial charge in [-0.15, -0.1) is 10.2 Å². The largest absolute Gasteiger partial charge is 0.435 e. The summed E-state index contributed by atoms with van der Waals surface area (Å²) >= 11 is 1.31. The van der Waals surface area contributed by atoms with Gasteiger partial charge in [0.25, 0.3) is 0 Å². The van der Waals surface area contributed by atoms with Gasteiger partial charge in [0, 0.05) is 18.3 Å². The Morgan fingerprint density at radius 2 is 2.08 bits per heavy atom. The molecule has 0 N–H and O–H groups in total. The standard InChI is InChI=1S/C15H12F2N6OS/c1-8-11(7-18-22(8)2)12-19-20-15-23(12)21-13(25-15)9-4-3-5-10(6-9)24-14(16)17/h3-7,14H,1-2H3. The Morgan fingerprint density at radius 3 is 2.80 bits per heavy atom. The van der Waals surface area contributed by atoms with Crippen LogP contribution in [-0.2, 0) is 7.05 Å². The molecule has 4 aromatic rings. The lowest BCUT2D eigenvalue weighted by molar-refractivity contribution is -0.0498. The molecule has 0 atom stereocenters. The molecule has 0 aliphatic rings. The van der Waals surface area contributed by atoms with E-state index in [9.17, 15) is 8.78 Å². The zero-order chi connectivity index (χ0) is 17.6. The first-order chi connectivity index (χ1) is 12.0. The molecule has 4 rings (SSSR count). The lowest BCUT2D eigenvalue weighted by Gasteiger charge is -2.04. The molecular weight excluding hydrogens is 350 g/mol. The minimum absolute atomic E-state index is 0.0850. The van der Waals surface area contributed by atoms with Crippen LogP contribution in [0.1, 0.15) is 5.69 Å². The number of nitrogens with zero attached hydrogens (tertiary/aromatic N) is 6. The summed E-state index contributed by atoms with van der Waals surface area (Å²) in [6.07, 6.45) is 1.71. The predicted octanol–water partition coefficient (Wildman–Crippen LogP) is 3.16. The van der Waals surface area contributed by atoms with Crippen molar-refractivity contribution in [1.82, 2.24) is 29.6 Å². The molecule has 0 amide bonds. The van der Waals surface area contributed by atoms with E-state index in [1.54, 1.807) is 27.5 Å². The minimum Gasteiger partial charge on any atom is -0.435 e. The van der Waals surface area contributed by atoms with Crippen molar-refractivity contribution in [2.24, 2.45) is 7.05 Å². The molecule has 0 saturated carbocycles. The monoisotopic (exact) mass is 362 g/mol. The molecule has 0 unspecified atom stereocenters. The van der Waals surface area contributed by atoms with Crippen LogP contribution in [0.5, 0.6) is 5.75 Å². The van der Waals surface area contributed by atoms with Crippen LogP contribution in [0, 0.1) is 6.92 Å². The fourth-order valence-electron chi connectivity index (χ4n) is 2.43. The predicted molar refractivity (Wildman–Crippen MR) is 87.7 cm³/mol. The Bertz CT molecular complexity index is 1050. The van der Waals surface area contributed by atoms with Crippen LogP contribution in [0.2, 0.25) is 0 Å². The summed E-state index contributed by atoms with van der Waals surface area (Å²) in [5.41, 5.74) is 2.44. The molecular formula is C15H12F2N6OS. The highest BCUT2D eigenvalue weighted by molar-refractivity contribution is 7.19. The SMILES string of the molecule is Cc1c(-c2nnc3sc(-c4cccc(OC(F)F)c4)nn23)cnn1C. The van der Waals surface area contributed by atoms with Gasteiger partial charge < -0.3 is 4.74 Å². The van der Waals surface area contributed by atoms with Crippen LogP contribution in [0.15, 0.2) is 30.5 Å². The first kappa shape index (κ1) is 15.6. The summed E-state index contributed by atoms with van der Waals surface area (Å²) in [6.45, 7) is -0.935. The number of benzene rings is 1. The number of fused-ring (bicyclic) bond motifs is 1. The van der Waals surface area contributed by atoms with E-state index < -0.39 is 6.61 Å². The van der Waals surface area contributed by atoms with E-state index in [2.05, 4.69) is 25.1 Å². The highest BCUT2D eigenvalue weighted by Crippen LogP contribution is 2.30. The van der Waals surface area contributed by atoms with Crippen molar-refractivity contribution in [3.63, 3.8) is 0 Å². The maximum Gasteiger partial charge on any atom is 0.387 e. The van der Waals surface area contributed by atoms with Gasteiger partial charge in [0.1, 0.15) is 10.8 Å². The van der Waals surface area contributed by atoms with Crippen molar-refractivity contribution < 1.29 is 13.5 Å². The van der Waals surface area contributed by atoms with Gasteiger partial charge in [0.15, 0.2) is 5.82 Å². The number of aryl methyl sites for hydroxylation is 1. The van der Waals surface area contributed by atoms with Gasteiger partial charge in [-0.25, -0.2) is 0 Å². The third-order valence-corrected chi connectivity index (χ3v) is 4.72. The van der Waals surface area contributed by atoms with E-state index >= 15 is 0 Å². The fourth-order valence-corrected chi connectivity index (χ4v) is 3.26. The Labute approximate surface area is 144 Å². The molecule has 10 heteroatoms. The molecule has 0 aliphatic carbocycles. The second kappa shape index (κ2) is 5.88. The van der Waals surface area contributed by atoms with Crippen molar-refractivity contribution in [3.05, 3.63) is 36.2 Å². The van der Waals surface area contributed by atoms with Gasteiger partial charge in [0.2, 0.25) is 4.96 Å². The molecule has 1 aromatic carbocycles. The molecule has 0 spiro atoms. The van der Waals surface area contributed by atoms with Crippen LogP contribution in [0.4, 0.5) is 8.78 Å². The average molecular weight is 362 g/mol. The van der Waals surface area contributed by atoms with Gasteiger partial charge in [-0.1, -0.05) is 23.5 Å². The van der Waals surface area contributed by atoms with E-state index in [-0.39, 0.29) is 5.75 Å². The Balaban J connectivity index is 1.77. The van der Waals surface area contributed by atoms with Crippen LogP contribution in [-0.4, -0.2) is 36.2 Å². The molecule has 3 aromatic heterocycles. The number of alkyl halides is 2. The number of hydrogen-bond acceptors (Lipinski definition) is 6. The summed E-state index contributed by atoms with van der Waals surface area (Å²) in [6, 6.07) is 6.41. The number of aromatic nitrogens is 6. The van der Waals surface area contributed by atoms with Gasteiger partial charge in [-0.2, -0.15) is 23.5 Å². The molecule has 0 saturated heterocycles. The lowest BCUT2D eigenvalue weighted by Crippen LogP contribution is -2.01. The highest BCUT2D eigenvalue weighted by Gasteiger charge is 2.18. The minimum atomic E-state index is -2.87. The van der Waals surface area contributed by atoms with Crippen LogP contribution in [0.25, 0.3) is 26.9 Å². The highest BCUT2D eigenvalue weighted by atomic mass is 32.1. The first-order valence-corrected chi connectivity index (χ1v) is 8.11. The van der Waals surface area contributed by atoms with Gasteiger partial charge in [-0.05, 0) is 19.1 Å². The van der Waals surface area contributed by atoms with E-state index in [0.717, 1.165) is 11.3 Å². The molecule has 0 fully saturated rings. The van der Waals surface area contributed by atoms with Crippen LogP contribution < -0.4 is 4.74 Å². The van der Waals surface area contributed by atoms with Gasteiger partial charge in [0.05, 0.1) is 11.8 Å². The van der Waals surface area contributed by atoms with Crippen molar-refractivity contribution in [2.75, 3.05) is 0 Å². The zero-order valence-electron chi connectivity index (χ0n) is 13.2. The maximum absolute atomic E-state index is 12.4. The van der Waals surface area contributed by atoms with Crippen LogP contribution in [0.3, 0.4) is 0 Å². The van der Waals surface area contributed by atoms with Crippen molar-refractivity contribution in [1.29, 1.82) is 0 Å². The lowest BCUT2D eigenvalue weighted by atomic mass is 10.2. The summed E-state index contributed by atoms with van der Waals surface area (Å²) < 4.78 is 32.6. The van der Waals surface area contributed by atoms with E-state index in [4.69, 9.17) is 0 Å². The number of ether oxygens (including phenoxy) is 1.